The van der Waals surface area contributed by atoms with Gasteiger partial charge in [0.15, 0.2) is 5.65 Å². The van der Waals surface area contributed by atoms with Crippen molar-refractivity contribution in [2.75, 3.05) is 6.54 Å². The molecule has 112 valence electrons. The van der Waals surface area contributed by atoms with E-state index in [4.69, 9.17) is 0 Å². The van der Waals surface area contributed by atoms with Crippen molar-refractivity contribution >= 4 is 11.0 Å². The number of H-pyrrole nitrogens is 1. The molecule has 1 saturated carbocycles. The molecule has 0 aromatic carbocycles. The molecule has 2 fully saturated rings. The lowest BCUT2D eigenvalue weighted by atomic mass is 9.85. The van der Waals surface area contributed by atoms with Crippen LogP contribution in [0.5, 0.6) is 0 Å². The first-order chi connectivity index (χ1) is 10.2. The van der Waals surface area contributed by atoms with Gasteiger partial charge in [0, 0.05) is 13.1 Å². The van der Waals surface area contributed by atoms with Crippen LogP contribution in [0.2, 0.25) is 0 Å². The quantitative estimate of drug-likeness (QED) is 0.907. The Balaban J connectivity index is 1.62. The van der Waals surface area contributed by atoms with E-state index in [2.05, 4.69) is 20.0 Å². The first kappa shape index (κ1) is 13.0. The van der Waals surface area contributed by atoms with Gasteiger partial charge in [0.05, 0.1) is 12.7 Å². The van der Waals surface area contributed by atoms with Crippen molar-refractivity contribution in [2.45, 2.75) is 44.7 Å². The third-order valence-corrected chi connectivity index (χ3v) is 5.13. The van der Waals surface area contributed by atoms with Crippen LogP contribution < -0.4 is 5.56 Å². The molecule has 2 aliphatic rings. The molecule has 0 bridgehead atoms. The molecule has 2 aromatic rings. The molecule has 2 atom stereocenters. The average Bonchev–Trinajstić information content (AvgIpc) is 3.05. The third-order valence-electron chi connectivity index (χ3n) is 5.13. The average molecular weight is 287 g/mol. The van der Waals surface area contributed by atoms with Gasteiger partial charge in [-0.1, -0.05) is 12.8 Å². The van der Waals surface area contributed by atoms with Crippen LogP contribution in [0, 0.1) is 5.92 Å². The lowest BCUT2D eigenvalue weighted by Crippen LogP contribution is -2.35. The van der Waals surface area contributed by atoms with Gasteiger partial charge >= 0.3 is 0 Å². The van der Waals surface area contributed by atoms with Gasteiger partial charge in [-0.15, -0.1) is 0 Å². The number of hydrogen-bond donors (Lipinski definition) is 1. The second-order valence-corrected chi connectivity index (χ2v) is 6.39. The highest BCUT2D eigenvalue weighted by Crippen LogP contribution is 2.36. The molecule has 0 unspecified atom stereocenters. The van der Waals surface area contributed by atoms with E-state index in [1.54, 1.807) is 10.9 Å². The van der Waals surface area contributed by atoms with Crippen LogP contribution >= 0.6 is 0 Å². The summed E-state index contributed by atoms with van der Waals surface area (Å²) in [6, 6.07) is 0.686. The fraction of sp³-hybridized carbons (Fsp3) is 0.667. The first-order valence-corrected chi connectivity index (χ1v) is 7.87. The summed E-state index contributed by atoms with van der Waals surface area (Å²) in [5.74, 6) is 1.62. The van der Waals surface area contributed by atoms with E-state index in [1.165, 1.54) is 32.1 Å². The number of likely N-dealkylation sites (tertiary alicyclic amines) is 1. The van der Waals surface area contributed by atoms with Crippen LogP contribution in [0.1, 0.15) is 37.9 Å². The summed E-state index contributed by atoms with van der Waals surface area (Å²) in [5.41, 5.74) is 0.593. The second kappa shape index (κ2) is 4.94. The van der Waals surface area contributed by atoms with Crippen LogP contribution in [-0.4, -0.2) is 37.2 Å². The fourth-order valence-electron chi connectivity index (χ4n) is 4.04. The monoisotopic (exact) mass is 287 g/mol. The maximum absolute atomic E-state index is 12.1. The van der Waals surface area contributed by atoms with Crippen molar-refractivity contribution in [1.82, 2.24) is 24.6 Å². The zero-order valence-corrected chi connectivity index (χ0v) is 12.4. The molecule has 3 heterocycles. The number of fused-ring (bicyclic) bond motifs is 2. The SMILES string of the molecule is Cn1ncc2c(=O)[nH]c(CN3CC[C@@H]4CCCC[C@H]43)nc21. The number of nitrogens with one attached hydrogen (secondary N) is 1. The van der Waals surface area contributed by atoms with Crippen molar-refractivity contribution in [3.8, 4) is 0 Å². The summed E-state index contributed by atoms with van der Waals surface area (Å²) in [6.07, 6.45) is 8.25. The predicted octanol–water partition coefficient (Wildman–Crippen LogP) is 1.42. The number of aryl methyl sites for hydroxylation is 1. The Morgan fingerprint density at radius 3 is 3.10 bits per heavy atom. The van der Waals surface area contributed by atoms with Gasteiger partial charge in [0.2, 0.25) is 0 Å². The Bertz CT molecular complexity index is 718. The van der Waals surface area contributed by atoms with E-state index in [9.17, 15) is 4.79 Å². The van der Waals surface area contributed by atoms with Crippen LogP contribution in [0.3, 0.4) is 0 Å². The maximum atomic E-state index is 12.1. The van der Waals surface area contributed by atoms with E-state index < -0.39 is 0 Å². The summed E-state index contributed by atoms with van der Waals surface area (Å²) < 4.78 is 1.67. The van der Waals surface area contributed by atoms with Crippen LogP contribution in [0.15, 0.2) is 11.0 Å². The first-order valence-electron chi connectivity index (χ1n) is 7.87. The van der Waals surface area contributed by atoms with E-state index in [1.807, 2.05) is 7.05 Å². The molecule has 0 spiro atoms. The van der Waals surface area contributed by atoms with Crippen LogP contribution in [-0.2, 0) is 13.6 Å². The molecule has 21 heavy (non-hydrogen) atoms. The molecule has 6 heteroatoms. The van der Waals surface area contributed by atoms with E-state index in [-0.39, 0.29) is 5.56 Å². The minimum Gasteiger partial charge on any atom is -0.309 e. The third kappa shape index (κ3) is 2.18. The van der Waals surface area contributed by atoms with Crippen LogP contribution in [0.25, 0.3) is 11.0 Å². The summed E-state index contributed by atoms with van der Waals surface area (Å²) in [5, 5.41) is 4.68. The predicted molar refractivity (Wildman–Crippen MR) is 79.9 cm³/mol. The minimum atomic E-state index is -0.0810. The summed E-state index contributed by atoms with van der Waals surface area (Å²) in [4.78, 5) is 22.1. The smallest absolute Gasteiger partial charge is 0.262 e. The van der Waals surface area contributed by atoms with Gasteiger partial charge in [-0.3, -0.25) is 14.4 Å². The molecular weight excluding hydrogens is 266 g/mol. The molecule has 2 aromatic heterocycles. The lowest BCUT2D eigenvalue weighted by molar-refractivity contribution is 0.172. The Labute approximate surface area is 123 Å². The number of aromatic amines is 1. The van der Waals surface area contributed by atoms with Gasteiger partial charge in [0.1, 0.15) is 11.2 Å². The molecule has 0 amide bonds. The highest BCUT2D eigenvalue weighted by atomic mass is 16.1. The lowest BCUT2D eigenvalue weighted by Gasteiger charge is -2.31. The van der Waals surface area contributed by atoms with Crippen molar-refractivity contribution in [1.29, 1.82) is 0 Å². The number of rotatable bonds is 2. The minimum absolute atomic E-state index is 0.0810. The fourth-order valence-corrected chi connectivity index (χ4v) is 4.04. The largest absolute Gasteiger partial charge is 0.309 e. The molecular formula is C15H21N5O. The molecule has 4 rings (SSSR count). The van der Waals surface area contributed by atoms with Gasteiger partial charge in [0.25, 0.3) is 5.56 Å². The van der Waals surface area contributed by atoms with Crippen molar-refractivity contribution in [3.05, 3.63) is 22.4 Å². The molecule has 1 aliphatic heterocycles. The summed E-state index contributed by atoms with van der Waals surface area (Å²) >= 11 is 0. The molecule has 1 aliphatic carbocycles. The molecule has 1 N–H and O–H groups in total. The van der Waals surface area contributed by atoms with E-state index >= 15 is 0 Å². The Kier molecular flexibility index (Phi) is 3.06. The van der Waals surface area contributed by atoms with Gasteiger partial charge in [-0.05, 0) is 31.7 Å². The van der Waals surface area contributed by atoms with Gasteiger partial charge in [-0.25, -0.2) is 4.98 Å². The maximum Gasteiger partial charge on any atom is 0.262 e. The molecule has 0 radical (unpaired) electrons. The summed E-state index contributed by atoms with van der Waals surface area (Å²) in [7, 11) is 1.82. The molecule has 1 saturated heterocycles. The Hall–Kier alpha value is -1.69. The Morgan fingerprint density at radius 1 is 1.33 bits per heavy atom. The number of aromatic nitrogens is 4. The molecule has 6 nitrogen and oxygen atoms in total. The Morgan fingerprint density at radius 2 is 2.19 bits per heavy atom. The second-order valence-electron chi connectivity index (χ2n) is 6.39. The van der Waals surface area contributed by atoms with Crippen molar-refractivity contribution in [3.63, 3.8) is 0 Å². The highest BCUT2D eigenvalue weighted by Gasteiger charge is 2.35. The van der Waals surface area contributed by atoms with E-state index in [0.29, 0.717) is 17.1 Å². The highest BCUT2D eigenvalue weighted by molar-refractivity contribution is 5.72. The standard InChI is InChI=1S/C15H21N5O/c1-19-14-11(8-16-19)15(21)18-13(17-14)9-20-7-6-10-4-2-3-5-12(10)20/h8,10,12H,2-7,9H2,1H3,(H,17,18,21)/t10-,12+/m0/s1. The van der Waals surface area contributed by atoms with Crippen LogP contribution in [0.4, 0.5) is 0 Å². The zero-order valence-electron chi connectivity index (χ0n) is 12.4. The van der Waals surface area contributed by atoms with Crippen molar-refractivity contribution < 1.29 is 0 Å². The topological polar surface area (TPSA) is 66.8 Å². The normalized spacial score (nSPS) is 26.3. The van der Waals surface area contributed by atoms with Crippen molar-refractivity contribution in [2.24, 2.45) is 13.0 Å². The summed E-state index contributed by atoms with van der Waals surface area (Å²) in [6.45, 7) is 1.87. The zero-order chi connectivity index (χ0) is 14.4. The number of hydrogen-bond acceptors (Lipinski definition) is 4. The van der Waals surface area contributed by atoms with Gasteiger partial charge < -0.3 is 4.98 Å². The van der Waals surface area contributed by atoms with Gasteiger partial charge in [-0.2, -0.15) is 5.10 Å². The number of nitrogens with zero attached hydrogens (tertiary/aromatic N) is 4. The van der Waals surface area contributed by atoms with E-state index in [0.717, 1.165) is 24.8 Å².